The fraction of sp³-hybridized carbons (Fsp3) is 0.889. The van der Waals surface area contributed by atoms with Crippen LogP contribution in [0.25, 0.3) is 0 Å². The number of allylic oxidation sites excluding steroid dienone is 2. The molecule has 1 radical (unpaired) electrons. The number of rotatable bonds is 15. The van der Waals surface area contributed by atoms with E-state index in [9.17, 15) is 0 Å². The summed E-state index contributed by atoms with van der Waals surface area (Å²) in [7, 11) is 0. The molecule has 0 aliphatic rings. The zero-order valence-corrected chi connectivity index (χ0v) is 14.9. The van der Waals surface area contributed by atoms with E-state index >= 15 is 0 Å². The molecule has 0 saturated heterocycles. The summed E-state index contributed by atoms with van der Waals surface area (Å²) >= 11 is 0. The van der Waals surface area contributed by atoms with Crippen LogP contribution in [0.1, 0.15) is 96.8 Å². The van der Waals surface area contributed by atoms with E-state index in [1.165, 1.54) is 89.9 Å². The third kappa shape index (κ3) is 20.5. The van der Waals surface area contributed by atoms with Crippen molar-refractivity contribution in [2.45, 2.75) is 96.8 Å². The molecular weight excluding hydrogens is 285 g/mol. The average Bonchev–Trinajstić information content (AvgIpc) is 2.43. The van der Waals surface area contributed by atoms with Crippen LogP contribution in [0.2, 0.25) is 0 Å². The van der Waals surface area contributed by atoms with Gasteiger partial charge in [0, 0.05) is 17.1 Å². The Morgan fingerprint density at radius 3 is 1.45 bits per heavy atom. The molecule has 0 aliphatic heterocycles. The zero-order valence-electron chi connectivity index (χ0n) is 13.7. The number of hydrogen-bond acceptors (Lipinski definition) is 1. The second-order valence-electron chi connectivity index (χ2n) is 5.73. The fourth-order valence-electron chi connectivity index (χ4n) is 2.39. The first kappa shape index (κ1) is 22.5. The van der Waals surface area contributed by atoms with E-state index in [1.54, 1.807) is 0 Å². The van der Waals surface area contributed by atoms with Crippen molar-refractivity contribution in [3.63, 3.8) is 0 Å². The molecule has 2 N–H and O–H groups in total. The molecule has 121 valence electrons. The van der Waals surface area contributed by atoms with Crippen LogP contribution in [-0.2, 0) is 17.1 Å². The molecule has 2 heteroatoms. The van der Waals surface area contributed by atoms with Crippen LogP contribution >= 0.6 is 0 Å². The molecule has 20 heavy (non-hydrogen) atoms. The molecule has 0 amide bonds. The summed E-state index contributed by atoms with van der Waals surface area (Å²) in [6.45, 7) is 3.14. The first-order valence-electron chi connectivity index (χ1n) is 8.77. The molecule has 0 atom stereocenters. The van der Waals surface area contributed by atoms with Gasteiger partial charge in [0.05, 0.1) is 0 Å². The Bertz CT molecular complexity index is 180. The summed E-state index contributed by atoms with van der Waals surface area (Å²) in [5.74, 6) is 0. The Labute approximate surface area is 138 Å². The first-order chi connectivity index (χ1) is 9.41. The Hall–Kier alpha value is 0.219. The second-order valence-corrected chi connectivity index (χ2v) is 5.73. The number of unbranched alkanes of at least 4 members (excludes halogenated alkanes) is 12. The van der Waals surface area contributed by atoms with Crippen molar-refractivity contribution in [1.82, 2.24) is 0 Å². The molecule has 0 fully saturated rings. The second kappa shape index (κ2) is 21.5. The Morgan fingerprint density at radius 1 is 0.600 bits per heavy atom. The predicted molar refractivity (Wildman–Crippen MR) is 88.5 cm³/mol. The maximum Gasteiger partial charge on any atom is 0 e. The van der Waals surface area contributed by atoms with E-state index in [1.807, 2.05) is 0 Å². The van der Waals surface area contributed by atoms with Crippen LogP contribution in [-0.4, -0.2) is 6.54 Å². The van der Waals surface area contributed by atoms with Crippen molar-refractivity contribution in [1.29, 1.82) is 0 Å². The maximum absolute atomic E-state index is 5.47. The van der Waals surface area contributed by atoms with Gasteiger partial charge < -0.3 is 5.73 Å². The molecular formula is C18H37MnN. The van der Waals surface area contributed by atoms with Gasteiger partial charge in [-0.1, -0.05) is 76.9 Å². The molecule has 0 saturated carbocycles. The third-order valence-corrected chi connectivity index (χ3v) is 3.72. The van der Waals surface area contributed by atoms with Gasteiger partial charge in [0.2, 0.25) is 0 Å². The molecule has 0 aromatic heterocycles. The minimum atomic E-state index is 0. The van der Waals surface area contributed by atoms with Crippen LogP contribution in [0.15, 0.2) is 12.2 Å². The zero-order chi connectivity index (χ0) is 14.0. The van der Waals surface area contributed by atoms with Gasteiger partial charge in [-0.15, -0.1) is 0 Å². The Morgan fingerprint density at radius 2 is 1.00 bits per heavy atom. The maximum atomic E-state index is 5.47. The quantitative estimate of drug-likeness (QED) is 0.224. The van der Waals surface area contributed by atoms with Gasteiger partial charge in [0.1, 0.15) is 0 Å². The predicted octanol–water partition coefficient (Wildman–Crippen LogP) is 5.98. The fourth-order valence-corrected chi connectivity index (χ4v) is 2.39. The van der Waals surface area contributed by atoms with Crippen LogP contribution in [0, 0.1) is 0 Å². The van der Waals surface area contributed by atoms with E-state index in [0.29, 0.717) is 0 Å². The third-order valence-electron chi connectivity index (χ3n) is 3.72. The molecule has 0 aromatic carbocycles. The first-order valence-corrected chi connectivity index (χ1v) is 8.77. The largest absolute Gasteiger partial charge is 0.330 e. The average molecular weight is 322 g/mol. The molecule has 0 rings (SSSR count). The van der Waals surface area contributed by atoms with Gasteiger partial charge in [-0.05, 0) is 38.6 Å². The van der Waals surface area contributed by atoms with Gasteiger partial charge >= 0.3 is 0 Å². The molecule has 0 spiro atoms. The Balaban J connectivity index is 0. The van der Waals surface area contributed by atoms with Crippen molar-refractivity contribution in [3.8, 4) is 0 Å². The molecule has 0 aromatic rings. The molecule has 1 nitrogen and oxygen atoms in total. The summed E-state index contributed by atoms with van der Waals surface area (Å²) in [5.41, 5.74) is 5.47. The van der Waals surface area contributed by atoms with Crippen molar-refractivity contribution in [3.05, 3.63) is 12.2 Å². The molecule has 0 unspecified atom stereocenters. The monoisotopic (exact) mass is 322 g/mol. The van der Waals surface area contributed by atoms with Crippen LogP contribution in [0.4, 0.5) is 0 Å². The summed E-state index contributed by atoms with van der Waals surface area (Å²) in [5, 5.41) is 0. The van der Waals surface area contributed by atoms with Crippen molar-refractivity contribution in [2.24, 2.45) is 5.73 Å². The van der Waals surface area contributed by atoms with E-state index < -0.39 is 0 Å². The Kier molecular flexibility index (Phi) is 24.2. The molecule has 0 heterocycles. The summed E-state index contributed by atoms with van der Waals surface area (Å²) in [6.07, 6.45) is 23.9. The van der Waals surface area contributed by atoms with Gasteiger partial charge in [-0.25, -0.2) is 0 Å². The van der Waals surface area contributed by atoms with E-state index in [2.05, 4.69) is 19.1 Å². The van der Waals surface area contributed by atoms with Crippen molar-refractivity contribution in [2.75, 3.05) is 6.54 Å². The van der Waals surface area contributed by atoms with E-state index in [-0.39, 0.29) is 17.1 Å². The van der Waals surface area contributed by atoms with Gasteiger partial charge in [0.15, 0.2) is 0 Å². The van der Waals surface area contributed by atoms with E-state index in [4.69, 9.17) is 5.73 Å². The summed E-state index contributed by atoms with van der Waals surface area (Å²) < 4.78 is 0. The normalized spacial score (nSPS) is 10.9. The summed E-state index contributed by atoms with van der Waals surface area (Å²) in [4.78, 5) is 0. The van der Waals surface area contributed by atoms with Gasteiger partial charge in [-0.3, -0.25) is 0 Å². The standard InChI is InChI=1S/C18H37N.Mn/c1-2-3-4-5-6-7-8-9-10-11-12-13-14-15-16-17-18-19;/h9-10H,2-8,11-19H2,1H3;/b10-9-;. The van der Waals surface area contributed by atoms with Crippen LogP contribution in [0.5, 0.6) is 0 Å². The molecule has 0 bridgehead atoms. The van der Waals surface area contributed by atoms with Gasteiger partial charge in [0.25, 0.3) is 0 Å². The number of hydrogen-bond donors (Lipinski definition) is 1. The van der Waals surface area contributed by atoms with Crippen LogP contribution in [0.3, 0.4) is 0 Å². The van der Waals surface area contributed by atoms with Gasteiger partial charge in [-0.2, -0.15) is 0 Å². The SMILES string of the molecule is CCCCCCCC/C=C\CCCCCCCCN.[Mn]. The van der Waals surface area contributed by atoms with Crippen molar-refractivity contribution < 1.29 is 17.1 Å². The topological polar surface area (TPSA) is 26.0 Å². The van der Waals surface area contributed by atoms with Crippen LogP contribution < -0.4 is 5.73 Å². The van der Waals surface area contributed by atoms with E-state index in [0.717, 1.165) is 6.54 Å². The minimum absolute atomic E-state index is 0. The molecule has 0 aliphatic carbocycles. The smallest absolute Gasteiger partial charge is 0 e. The van der Waals surface area contributed by atoms with Crippen molar-refractivity contribution >= 4 is 0 Å². The minimum Gasteiger partial charge on any atom is -0.330 e. The summed E-state index contributed by atoms with van der Waals surface area (Å²) in [6, 6.07) is 0. The number of nitrogens with two attached hydrogens (primary N) is 1.